The molecule has 7 heteroatoms. The lowest BCUT2D eigenvalue weighted by Crippen LogP contribution is -2.31. The Bertz CT molecular complexity index is 764. The minimum absolute atomic E-state index is 0.119. The Labute approximate surface area is 157 Å². The summed E-state index contributed by atoms with van der Waals surface area (Å²) in [6, 6.07) is 11.6. The van der Waals surface area contributed by atoms with E-state index in [2.05, 4.69) is 23.9 Å². The second kappa shape index (κ2) is 9.32. The molecule has 27 heavy (non-hydrogen) atoms. The normalized spacial score (nSPS) is 12.1. The number of ether oxygens (including phenoxy) is 2. The summed E-state index contributed by atoms with van der Waals surface area (Å²) in [6.45, 7) is 1.41. The minimum atomic E-state index is -3.01. The average molecular weight is 378 g/mol. The van der Waals surface area contributed by atoms with Crippen LogP contribution in [-0.4, -0.2) is 26.2 Å². The molecule has 0 bridgehead atoms. The van der Waals surface area contributed by atoms with Gasteiger partial charge in [0.25, 0.3) is 5.91 Å². The summed E-state index contributed by atoms with van der Waals surface area (Å²) in [5, 5.41) is 2.70. The van der Waals surface area contributed by atoms with Crippen molar-refractivity contribution in [3.63, 3.8) is 0 Å². The fourth-order valence-electron chi connectivity index (χ4n) is 2.56. The van der Waals surface area contributed by atoms with Gasteiger partial charge in [-0.25, -0.2) is 0 Å². The number of carbonyl (C=O) groups excluding carboxylic acids is 1. The molecule has 1 unspecified atom stereocenters. The third-order valence-electron chi connectivity index (χ3n) is 4.16. The Balaban J connectivity index is 2.02. The Morgan fingerprint density at radius 1 is 1.07 bits per heavy atom. The van der Waals surface area contributed by atoms with Crippen LogP contribution in [0.25, 0.3) is 0 Å². The van der Waals surface area contributed by atoms with E-state index in [0.29, 0.717) is 5.92 Å². The third-order valence-corrected chi connectivity index (χ3v) is 4.16. The van der Waals surface area contributed by atoms with Crippen LogP contribution in [0, 0.1) is 0 Å². The molecule has 0 aromatic heterocycles. The van der Waals surface area contributed by atoms with Crippen LogP contribution in [0.3, 0.4) is 0 Å². The average Bonchev–Trinajstić information content (AvgIpc) is 2.65. The standard InChI is InChI=1S/C20H24F2N2O3/c1-12(2)13-4-6-14(7-5-13)16(23)11-24-19(25)15-8-9-17(26-3)18(10-15)27-20(21)22/h4-10,12,16,20H,11,23H2,1-3H3,(H,24,25). The molecule has 0 fully saturated rings. The summed E-state index contributed by atoms with van der Waals surface area (Å²) in [5.41, 5.74) is 8.41. The van der Waals surface area contributed by atoms with Crippen molar-refractivity contribution in [1.29, 1.82) is 0 Å². The maximum atomic E-state index is 12.5. The summed E-state index contributed by atoms with van der Waals surface area (Å²) in [5.74, 6) is -0.0942. The van der Waals surface area contributed by atoms with E-state index in [1.165, 1.54) is 30.9 Å². The predicted molar refractivity (Wildman–Crippen MR) is 99.4 cm³/mol. The summed E-state index contributed by atoms with van der Waals surface area (Å²) in [4.78, 5) is 12.3. The first-order chi connectivity index (χ1) is 12.8. The van der Waals surface area contributed by atoms with Crippen molar-refractivity contribution in [3.8, 4) is 11.5 Å². The third kappa shape index (κ3) is 5.65. The summed E-state index contributed by atoms with van der Waals surface area (Å²) >= 11 is 0. The van der Waals surface area contributed by atoms with E-state index < -0.39 is 12.5 Å². The van der Waals surface area contributed by atoms with Crippen molar-refractivity contribution in [1.82, 2.24) is 5.32 Å². The van der Waals surface area contributed by atoms with Crippen LogP contribution in [0.5, 0.6) is 11.5 Å². The number of nitrogens with one attached hydrogen (secondary N) is 1. The topological polar surface area (TPSA) is 73.6 Å². The Morgan fingerprint density at radius 2 is 1.70 bits per heavy atom. The molecule has 2 rings (SSSR count). The second-order valence-corrected chi connectivity index (χ2v) is 6.38. The predicted octanol–water partition coefficient (Wildman–Crippen LogP) is 3.85. The molecule has 0 saturated carbocycles. The molecule has 1 amide bonds. The lowest BCUT2D eigenvalue weighted by molar-refractivity contribution is -0.0512. The van der Waals surface area contributed by atoms with Gasteiger partial charge >= 0.3 is 6.61 Å². The first kappa shape index (κ1) is 20.6. The smallest absolute Gasteiger partial charge is 0.387 e. The van der Waals surface area contributed by atoms with Crippen LogP contribution >= 0.6 is 0 Å². The van der Waals surface area contributed by atoms with Crippen LogP contribution in [0.1, 0.15) is 47.3 Å². The van der Waals surface area contributed by atoms with Gasteiger partial charge in [-0.3, -0.25) is 4.79 Å². The molecule has 0 aliphatic carbocycles. The minimum Gasteiger partial charge on any atom is -0.493 e. The van der Waals surface area contributed by atoms with E-state index >= 15 is 0 Å². The van der Waals surface area contributed by atoms with Crippen molar-refractivity contribution >= 4 is 5.91 Å². The fourth-order valence-corrected chi connectivity index (χ4v) is 2.56. The van der Waals surface area contributed by atoms with Crippen molar-refractivity contribution in [2.45, 2.75) is 32.4 Å². The number of amides is 1. The first-order valence-corrected chi connectivity index (χ1v) is 8.58. The van der Waals surface area contributed by atoms with Crippen molar-refractivity contribution in [2.24, 2.45) is 5.73 Å². The van der Waals surface area contributed by atoms with Gasteiger partial charge in [-0.05, 0) is 35.2 Å². The largest absolute Gasteiger partial charge is 0.493 e. The summed E-state index contributed by atoms with van der Waals surface area (Å²) in [7, 11) is 1.33. The molecular formula is C20H24F2N2O3. The molecule has 3 N–H and O–H groups in total. The number of nitrogens with two attached hydrogens (primary N) is 1. The molecule has 2 aromatic carbocycles. The van der Waals surface area contributed by atoms with Crippen molar-refractivity contribution < 1.29 is 23.0 Å². The van der Waals surface area contributed by atoms with Gasteiger partial charge in [0.1, 0.15) is 0 Å². The van der Waals surface area contributed by atoms with Gasteiger partial charge in [0.15, 0.2) is 11.5 Å². The van der Waals surface area contributed by atoms with Gasteiger partial charge in [-0.15, -0.1) is 0 Å². The van der Waals surface area contributed by atoms with E-state index in [9.17, 15) is 13.6 Å². The Morgan fingerprint density at radius 3 is 2.26 bits per heavy atom. The Kier molecular flexibility index (Phi) is 7.12. The van der Waals surface area contributed by atoms with Gasteiger partial charge in [0, 0.05) is 18.2 Å². The fraction of sp³-hybridized carbons (Fsp3) is 0.350. The second-order valence-electron chi connectivity index (χ2n) is 6.38. The lowest BCUT2D eigenvalue weighted by atomic mass is 9.99. The quantitative estimate of drug-likeness (QED) is 0.732. The van der Waals surface area contributed by atoms with Gasteiger partial charge in [-0.1, -0.05) is 38.1 Å². The summed E-state index contributed by atoms with van der Waals surface area (Å²) < 4.78 is 34.3. The highest BCUT2D eigenvalue weighted by Crippen LogP contribution is 2.29. The Hall–Kier alpha value is -2.67. The van der Waals surface area contributed by atoms with E-state index in [1.807, 2.05) is 24.3 Å². The summed E-state index contributed by atoms with van der Waals surface area (Å²) in [6.07, 6.45) is 0. The zero-order valence-electron chi connectivity index (χ0n) is 15.5. The molecule has 146 valence electrons. The van der Waals surface area contributed by atoms with E-state index in [4.69, 9.17) is 10.5 Å². The number of rotatable bonds is 8. The van der Waals surface area contributed by atoms with Crippen molar-refractivity contribution in [3.05, 3.63) is 59.2 Å². The highest BCUT2D eigenvalue weighted by atomic mass is 19.3. The number of alkyl halides is 2. The lowest BCUT2D eigenvalue weighted by Gasteiger charge is -2.15. The molecule has 0 aliphatic rings. The van der Waals surface area contributed by atoms with E-state index in [-0.39, 0.29) is 29.6 Å². The maximum Gasteiger partial charge on any atom is 0.387 e. The molecule has 2 aromatic rings. The van der Waals surface area contributed by atoms with Crippen LogP contribution < -0.4 is 20.5 Å². The molecule has 1 atom stereocenters. The van der Waals surface area contributed by atoms with Crippen LogP contribution in [0.15, 0.2) is 42.5 Å². The zero-order chi connectivity index (χ0) is 20.0. The SMILES string of the molecule is COc1ccc(C(=O)NCC(N)c2ccc(C(C)C)cc2)cc1OC(F)F. The zero-order valence-corrected chi connectivity index (χ0v) is 15.5. The molecule has 0 saturated heterocycles. The molecule has 0 spiro atoms. The monoisotopic (exact) mass is 378 g/mol. The van der Waals surface area contributed by atoms with Crippen LogP contribution in [-0.2, 0) is 0 Å². The molecular weight excluding hydrogens is 354 g/mol. The van der Waals surface area contributed by atoms with Gasteiger partial charge in [0.05, 0.1) is 7.11 Å². The molecule has 5 nitrogen and oxygen atoms in total. The van der Waals surface area contributed by atoms with Gasteiger partial charge in [0.2, 0.25) is 0 Å². The molecule has 0 radical (unpaired) electrons. The number of hydrogen-bond donors (Lipinski definition) is 2. The van der Waals surface area contributed by atoms with Crippen molar-refractivity contribution in [2.75, 3.05) is 13.7 Å². The number of methoxy groups -OCH3 is 1. The van der Waals surface area contributed by atoms with Gasteiger partial charge < -0.3 is 20.5 Å². The first-order valence-electron chi connectivity index (χ1n) is 8.58. The number of hydrogen-bond acceptors (Lipinski definition) is 4. The molecule has 0 aliphatic heterocycles. The number of benzene rings is 2. The van der Waals surface area contributed by atoms with Crippen LogP contribution in [0.4, 0.5) is 8.78 Å². The highest BCUT2D eigenvalue weighted by Gasteiger charge is 2.15. The van der Waals surface area contributed by atoms with Gasteiger partial charge in [-0.2, -0.15) is 8.78 Å². The molecule has 0 heterocycles. The maximum absolute atomic E-state index is 12.5. The number of halogens is 2. The van der Waals surface area contributed by atoms with Crippen LogP contribution in [0.2, 0.25) is 0 Å². The van der Waals surface area contributed by atoms with E-state index in [1.54, 1.807) is 0 Å². The highest BCUT2D eigenvalue weighted by molar-refractivity contribution is 5.94. The number of carbonyl (C=O) groups is 1. The van der Waals surface area contributed by atoms with E-state index in [0.717, 1.165) is 5.56 Å².